The number of carbonyl (C=O) groups is 1. The fourth-order valence-electron chi connectivity index (χ4n) is 1.54. The Morgan fingerprint density at radius 1 is 1.26 bits per heavy atom. The van der Waals surface area contributed by atoms with Crippen molar-refractivity contribution in [1.29, 1.82) is 0 Å². The van der Waals surface area contributed by atoms with Gasteiger partial charge in [0.1, 0.15) is 12.4 Å². The summed E-state index contributed by atoms with van der Waals surface area (Å²) in [4.78, 5) is 10.9. The van der Waals surface area contributed by atoms with Crippen LogP contribution in [-0.4, -0.2) is 37.2 Å². The van der Waals surface area contributed by atoms with Crippen LogP contribution in [0.1, 0.15) is 24.2 Å². The molecule has 1 aromatic carbocycles. The molecule has 0 aromatic heterocycles. The predicted octanol–water partition coefficient (Wildman–Crippen LogP) is 1.43. The van der Waals surface area contributed by atoms with Crippen LogP contribution in [0.5, 0.6) is 5.75 Å². The number of hydrogen-bond acceptors (Lipinski definition) is 4. The van der Waals surface area contributed by atoms with E-state index in [2.05, 4.69) is 24.3 Å². The summed E-state index contributed by atoms with van der Waals surface area (Å²) >= 11 is 0. The molecule has 0 heterocycles. The molecular formula is C13H22ClN3O2. The SMILES string of the molecule is CCN(CC)NCCOc1ccc(C(N)=O)cc1.Cl. The van der Waals surface area contributed by atoms with Crippen LogP contribution in [0.3, 0.4) is 0 Å². The van der Waals surface area contributed by atoms with Gasteiger partial charge in [0, 0.05) is 25.2 Å². The highest BCUT2D eigenvalue weighted by Gasteiger charge is 2.00. The third-order valence-corrected chi connectivity index (χ3v) is 2.61. The molecule has 0 fully saturated rings. The van der Waals surface area contributed by atoms with Crippen LogP contribution < -0.4 is 15.9 Å². The van der Waals surface area contributed by atoms with E-state index in [0.717, 1.165) is 25.4 Å². The number of nitrogens with zero attached hydrogens (tertiary/aromatic N) is 1. The topological polar surface area (TPSA) is 67.6 Å². The molecule has 0 aliphatic rings. The van der Waals surface area contributed by atoms with Gasteiger partial charge in [-0.05, 0) is 24.3 Å². The third-order valence-electron chi connectivity index (χ3n) is 2.61. The molecule has 0 bridgehead atoms. The summed E-state index contributed by atoms with van der Waals surface area (Å²) in [6.45, 7) is 7.44. The molecule has 5 nitrogen and oxygen atoms in total. The van der Waals surface area contributed by atoms with E-state index in [4.69, 9.17) is 10.5 Å². The minimum absolute atomic E-state index is 0. The first-order valence-electron chi connectivity index (χ1n) is 6.18. The van der Waals surface area contributed by atoms with Crippen molar-refractivity contribution in [2.45, 2.75) is 13.8 Å². The lowest BCUT2D eigenvalue weighted by atomic mass is 10.2. The van der Waals surface area contributed by atoms with Crippen molar-refractivity contribution in [2.75, 3.05) is 26.2 Å². The molecule has 6 heteroatoms. The quantitative estimate of drug-likeness (QED) is 0.561. The number of nitrogens with one attached hydrogen (secondary N) is 1. The van der Waals surface area contributed by atoms with Gasteiger partial charge in [0.25, 0.3) is 0 Å². The lowest BCUT2D eigenvalue weighted by Gasteiger charge is -2.19. The molecule has 0 aliphatic heterocycles. The van der Waals surface area contributed by atoms with E-state index in [-0.39, 0.29) is 12.4 Å². The number of benzene rings is 1. The molecule has 1 amide bonds. The zero-order valence-electron chi connectivity index (χ0n) is 11.4. The Morgan fingerprint density at radius 2 is 1.84 bits per heavy atom. The van der Waals surface area contributed by atoms with E-state index in [1.165, 1.54) is 0 Å². The number of halogens is 1. The van der Waals surface area contributed by atoms with Gasteiger partial charge in [-0.1, -0.05) is 13.8 Å². The summed E-state index contributed by atoms with van der Waals surface area (Å²) in [5.41, 5.74) is 8.90. The standard InChI is InChI=1S/C13H21N3O2.ClH/c1-3-16(4-2)15-9-10-18-12-7-5-11(6-8-12)13(14)17;/h5-8,15H,3-4,9-10H2,1-2H3,(H2,14,17);1H. The third kappa shape index (κ3) is 6.42. The van der Waals surface area contributed by atoms with E-state index < -0.39 is 5.91 Å². The number of hydrazine groups is 1. The predicted molar refractivity (Wildman–Crippen MR) is 78.6 cm³/mol. The van der Waals surface area contributed by atoms with Crippen LogP contribution >= 0.6 is 12.4 Å². The molecule has 108 valence electrons. The van der Waals surface area contributed by atoms with Gasteiger partial charge in [-0.25, -0.2) is 5.01 Å². The first kappa shape index (κ1) is 17.7. The van der Waals surface area contributed by atoms with Crippen molar-refractivity contribution < 1.29 is 9.53 Å². The Labute approximate surface area is 120 Å². The lowest BCUT2D eigenvalue weighted by Crippen LogP contribution is -2.39. The van der Waals surface area contributed by atoms with Gasteiger partial charge in [-0.3, -0.25) is 10.2 Å². The van der Waals surface area contributed by atoms with Gasteiger partial charge in [0.15, 0.2) is 0 Å². The summed E-state index contributed by atoms with van der Waals surface area (Å²) in [5.74, 6) is 0.311. The summed E-state index contributed by atoms with van der Waals surface area (Å²) in [7, 11) is 0. The zero-order chi connectivity index (χ0) is 13.4. The summed E-state index contributed by atoms with van der Waals surface area (Å²) < 4.78 is 5.54. The molecule has 0 aliphatic carbocycles. The lowest BCUT2D eigenvalue weighted by molar-refractivity contribution is 0.100. The number of nitrogens with two attached hydrogens (primary N) is 1. The number of carbonyl (C=O) groups excluding carboxylic acids is 1. The van der Waals surface area contributed by atoms with Gasteiger partial charge in [-0.2, -0.15) is 0 Å². The van der Waals surface area contributed by atoms with Crippen molar-refractivity contribution >= 4 is 18.3 Å². The van der Waals surface area contributed by atoms with E-state index in [1.54, 1.807) is 24.3 Å². The van der Waals surface area contributed by atoms with Crippen LogP contribution in [0.15, 0.2) is 24.3 Å². The van der Waals surface area contributed by atoms with Crippen molar-refractivity contribution in [3.63, 3.8) is 0 Å². The second-order valence-corrected chi connectivity index (χ2v) is 3.82. The molecule has 0 saturated heterocycles. The molecular weight excluding hydrogens is 266 g/mol. The fourth-order valence-corrected chi connectivity index (χ4v) is 1.54. The fraction of sp³-hybridized carbons (Fsp3) is 0.462. The summed E-state index contributed by atoms with van der Waals surface area (Å²) in [6, 6.07) is 6.82. The van der Waals surface area contributed by atoms with Crippen LogP contribution in [-0.2, 0) is 0 Å². The van der Waals surface area contributed by atoms with E-state index >= 15 is 0 Å². The minimum atomic E-state index is -0.426. The van der Waals surface area contributed by atoms with Crippen LogP contribution in [0, 0.1) is 0 Å². The first-order chi connectivity index (χ1) is 8.67. The van der Waals surface area contributed by atoms with Gasteiger partial charge in [0.2, 0.25) is 5.91 Å². The van der Waals surface area contributed by atoms with E-state index in [9.17, 15) is 4.79 Å². The van der Waals surface area contributed by atoms with E-state index in [1.807, 2.05) is 0 Å². The van der Waals surface area contributed by atoms with Crippen LogP contribution in [0.4, 0.5) is 0 Å². The Hall–Kier alpha value is -1.30. The zero-order valence-corrected chi connectivity index (χ0v) is 12.2. The second-order valence-electron chi connectivity index (χ2n) is 3.82. The average molecular weight is 288 g/mol. The Bertz CT molecular complexity index is 367. The normalized spacial score (nSPS) is 10.1. The highest BCUT2D eigenvalue weighted by molar-refractivity contribution is 5.92. The minimum Gasteiger partial charge on any atom is -0.492 e. The monoisotopic (exact) mass is 287 g/mol. The molecule has 0 unspecified atom stereocenters. The first-order valence-corrected chi connectivity index (χ1v) is 6.18. The summed E-state index contributed by atoms with van der Waals surface area (Å²) in [6.07, 6.45) is 0. The maximum atomic E-state index is 10.9. The molecule has 0 radical (unpaired) electrons. The van der Waals surface area contributed by atoms with Gasteiger partial charge in [0.05, 0.1) is 0 Å². The summed E-state index contributed by atoms with van der Waals surface area (Å²) in [5, 5.41) is 2.11. The largest absolute Gasteiger partial charge is 0.492 e. The average Bonchev–Trinajstić information content (AvgIpc) is 2.39. The number of amides is 1. The van der Waals surface area contributed by atoms with Crippen molar-refractivity contribution in [3.8, 4) is 5.75 Å². The molecule has 0 atom stereocenters. The highest BCUT2D eigenvalue weighted by atomic mass is 35.5. The molecule has 1 aromatic rings. The Kier molecular flexibility index (Phi) is 8.95. The maximum Gasteiger partial charge on any atom is 0.248 e. The van der Waals surface area contributed by atoms with Crippen molar-refractivity contribution in [3.05, 3.63) is 29.8 Å². The highest BCUT2D eigenvalue weighted by Crippen LogP contribution is 2.11. The number of primary amides is 1. The maximum absolute atomic E-state index is 10.9. The van der Waals surface area contributed by atoms with Crippen LogP contribution in [0.25, 0.3) is 0 Å². The van der Waals surface area contributed by atoms with Gasteiger partial charge in [-0.15, -0.1) is 12.4 Å². The van der Waals surface area contributed by atoms with Gasteiger partial charge >= 0.3 is 0 Å². The molecule has 19 heavy (non-hydrogen) atoms. The molecule has 0 saturated carbocycles. The number of ether oxygens (including phenoxy) is 1. The van der Waals surface area contributed by atoms with Crippen molar-refractivity contribution in [1.82, 2.24) is 10.4 Å². The molecule has 1 rings (SSSR count). The van der Waals surface area contributed by atoms with Crippen LogP contribution in [0.2, 0.25) is 0 Å². The number of rotatable bonds is 8. The Balaban J connectivity index is 0.00000324. The molecule has 3 N–H and O–H groups in total. The number of hydrogen-bond donors (Lipinski definition) is 2. The van der Waals surface area contributed by atoms with Crippen molar-refractivity contribution in [2.24, 2.45) is 5.73 Å². The Morgan fingerprint density at radius 3 is 2.32 bits per heavy atom. The van der Waals surface area contributed by atoms with E-state index in [0.29, 0.717) is 12.2 Å². The van der Waals surface area contributed by atoms with Gasteiger partial charge < -0.3 is 10.5 Å². The molecule has 0 spiro atoms. The second kappa shape index (κ2) is 9.61. The smallest absolute Gasteiger partial charge is 0.248 e.